The Hall–Kier alpha value is -0.950. The van der Waals surface area contributed by atoms with Gasteiger partial charge in [-0.25, -0.2) is 4.39 Å². The largest absolute Gasteiger partial charge is 0.323 e. The highest BCUT2D eigenvalue weighted by Gasteiger charge is 2.18. The minimum atomic E-state index is -0.247. The van der Waals surface area contributed by atoms with Crippen LogP contribution in [0.2, 0.25) is 0 Å². The smallest absolute Gasteiger partial charge is 0.125 e. The molecule has 0 aliphatic heterocycles. The molecule has 1 heterocycles. The average Bonchev–Trinajstić information content (AvgIpc) is 2.61. The number of nitrogens with one attached hydrogen (secondary N) is 1. The van der Waals surface area contributed by atoms with E-state index in [2.05, 4.69) is 28.0 Å². The normalized spacial score (nSPS) is 15.1. The van der Waals surface area contributed by atoms with Crippen LogP contribution in [-0.4, -0.2) is 4.98 Å². The second-order valence-electron chi connectivity index (χ2n) is 4.90. The van der Waals surface area contributed by atoms with Crippen LogP contribution >= 0.6 is 22.6 Å². The predicted octanol–water partition coefficient (Wildman–Crippen LogP) is 3.53. The molecule has 3 N–H and O–H groups in total. The van der Waals surface area contributed by atoms with Crippen molar-refractivity contribution in [2.75, 3.05) is 5.43 Å². The molecule has 1 aromatic heterocycles. The fourth-order valence-corrected chi connectivity index (χ4v) is 3.50. The lowest BCUT2D eigenvalue weighted by Gasteiger charge is -2.15. The molecule has 100 valence electrons. The molecule has 5 heteroatoms. The summed E-state index contributed by atoms with van der Waals surface area (Å²) in [6.07, 6.45) is 5.45. The monoisotopic (exact) mass is 371 g/mol. The first-order chi connectivity index (χ1) is 9.20. The van der Waals surface area contributed by atoms with Gasteiger partial charge in [0.25, 0.3) is 0 Å². The molecular formula is C14H15FIN3. The summed E-state index contributed by atoms with van der Waals surface area (Å²) in [5.41, 5.74) is 6.73. The lowest BCUT2D eigenvalue weighted by molar-refractivity contribution is 0.628. The molecule has 2 aromatic rings. The molecule has 0 saturated heterocycles. The number of nitrogen functional groups attached to an aromatic ring is 1. The van der Waals surface area contributed by atoms with Gasteiger partial charge in [0.05, 0.1) is 11.2 Å². The SMILES string of the molecule is NNc1c2c(nc3c(I)cc(F)cc13)CCCCC2. The third kappa shape index (κ3) is 2.29. The van der Waals surface area contributed by atoms with Gasteiger partial charge in [-0.2, -0.15) is 0 Å². The van der Waals surface area contributed by atoms with Crippen molar-refractivity contribution in [3.05, 3.63) is 32.8 Å². The van der Waals surface area contributed by atoms with Crippen molar-refractivity contribution in [2.24, 2.45) is 5.84 Å². The van der Waals surface area contributed by atoms with Crippen molar-refractivity contribution in [1.82, 2.24) is 4.98 Å². The summed E-state index contributed by atoms with van der Waals surface area (Å²) in [5.74, 6) is 5.44. The summed E-state index contributed by atoms with van der Waals surface area (Å²) in [4.78, 5) is 4.76. The summed E-state index contributed by atoms with van der Waals surface area (Å²) in [6.45, 7) is 0. The van der Waals surface area contributed by atoms with Crippen LogP contribution in [0.15, 0.2) is 12.1 Å². The number of nitrogens with zero attached hydrogens (tertiary/aromatic N) is 1. The molecule has 0 saturated carbocycles. The molecule has 3 nitrogen and oxygen atoms in total. The van der Waals surface area contributed by atoms with Crippen molar-refractivity contribution in [2.45, 2.75) is 32.1 Å². The van der Waals surface area contributed by atoms with Crippen LogP contribution in [0.25, 0.3) is 10.9 Å². The van der Waals surface area contributed by atoms with Gasteiger partial charge in [0.2, 0.25) is 0 Å². The Labute approximate surface area is 124 Å². The van der Waals surface area contributed by atoms with Gasteiger partial charge in [0.15, 0.2) is 0 Å². The molecule has 1 aromatic carbocycles. The average molecular weight is 371 g/mol. The van der Waals surface area contributed by atoms with E-state index in [0.717, 1.165) is 57.1 Å². The maximum absolute atomic E-state index is 13.6. The van der Waals surface area contributed by atoms with Crippen LogP contribution in [0.4, 0.5) is 10.1 Å². The van der Waals surface area contributed by atoms with Gasteiger partial charge in [-0.05, 0) is 66.0 Å². The first-order valence-electron chi connectivity index (χ1n) is 6.48. The number of hydrogen-bond donors (Lipinski definition) is 2. The van der Waals surface area contributed by atoms with Gasteiger partial charge >= 0.3 is 0 Å². The Bertz CT molecular complexity index is 642. The molecule has 3 rings (SSSR count). The molecule has 0 bridgehead atoms. The highest BCUT2D eigenvalue weighted by atomic mass is 127. The van der Waals surface area contributed by atoms with Crippen molar-refractivity contribution in [3.63, 3.8) is 0 Å². The molecular weight excluding hydrogens is 356 g/mol. The van der Waals surface area contributed by atoms with Crippen LogP contribution in [0.3, 0.4) is 0 Å². The van der Waals surface area contributed by atoms with E-state index in [0.29, 0.717) is 0 Å². The van der Waals surface area contributed by atoms with E-state index in [1.54, 1.807) is 0 Å². The lowest BCUT2D eigenvalue weighted by atomic mass is 10.0. The van der Waals surface area contributed by atoms with Crippen LogP contribution in [0.5, 0.6) is 0 Å². The fraction of sp³-hybridized carbons (Fsp3) is 0.357. The second-order valence-corrected chi connectivity index (χ2v) is 6.06. The van der Waals surface area contributed by atoms with E-state index in [1.807, 2.05) is 0 Å². The minimum absolute atomic E-state index is 0.247. The van der Waals surface area contributed by atoms with Crippen LogP contribution < -0.4 is 11.3 Å². The molecule has 0 amide bonds. The molecule has 0 spiro atoms. The third-order valence-corrected chi connectivity index (χ3v) is 4.50. The maximum Gasteiger partial charge on any atom is 0.125 e. The van der Waals surface area contributed by atoms with Gasteiger partial charge in [-0.15, -0.1) is 0 Å². The van der Waals surface area contributed by atoms with Gasteiger partial charge < -0.3 is 5.43 Å². The van der Waals surface area contributed by atoms with Gasteiger partial charge in [-0.3, -0.25) is 10.8 Å². The van der Waals surface area contributed by atoms with E-state index >= 15 is 0 Å². The van der Waals surface area contributed by atoms with Crippen LogP contribution in [0, 0.1) is 9.39 Å². The highest BCUT2D eigenvalue weighted by Crippen LogP contribution is 2.34. The Morgan fingerprint density at radius 1 is 1.21 bits per heavy atom. The number of fused-ring (bicyclic) bond motifs is 2. The van der Waals surface area contributed by atoms with Gasteiger partial charge in [0, 0.05) is 14.7 Å². The summed E-state index contributed by atoms with van der Waals surface area (Å²) in [6, 6.07) is 3.03. The van der Waals surface area contributed by atoms with Crippen LogP contribution in [0.1, 0.15) is 30.5 Å². The number of benzene rings is 1. The van der Waals surface area contributed by atoms with E-state index in [9.17, 15) is 4.39 Å². The lowest BCUT2D eigenvalue weighted by Crippen LogP contribution is -2.12. The summed E-state index contributed by atoms with van der Waals surface area (Å²) in [5, 5.41) is 0.785. The predicted molar refractivity (Wildman–Crippen MR) is 83.5 cm³/mol. The molecule has 1 aliphatic rings. The highest BCUT2D eigenvalue weighted by molar-refractivity contribution is 14.1. The summed E-state index contributed by atoms with van der Waals surface area (Å²) >= 11 is 2.13. The molecule has 0 unspecified atom stereocenters. The zero-order valence-corrected chi connectivity index (χ0v) is 12.6. The quantitative estimate of drug-likeness (QED) is 0.349. The maximum atomic E-state index is 13.6. The number of hydrazine groups is 1. The fourth-order valence-electron chi connectivity index (χ4n) is 2.79. The van der Waals surface area contributed by atoms with E-state index < -0.39 is 0 Å². The Balaban J connectivity index is 2.36. The topological polar surface area (TPSA) is 50.9 Å². The first-order valence-corrected chi connectivity index (χ1v) is 7.55. The van der Waals surface area contributed by atoms with Crippen molar-refractivity contribution >= 4 is 39.2 Å². The number of aryl methyl sites for hydroxylation is 1. The second kappa shape index (κ2) is 5.20. The zero-order valence-electron chi connectivity index (χ0n) is 10.5. The van der Waals surface area contributed by atoms with Crippen LogP contribution in [-0.2, 0) is 12.8 Å². The van der Waals surface area contributed by atoms with Crippen molar-refractivity contribution < 1.29 is 4.39 Å². The van der Waals surface area contributed by atoms with Crippen molar-refractivity contribution in [1.29, 1.82) is 0 Å². The number of halogens is 2. The number of hydrogen-bond acceptors (Lipinski definition) is 3. The zero-order chi connectivity index (χ0) is 13.4. The summed E-state index contributed by atoms with van der Waals surface area (Å²) < 4.78 is 14.5. The summed E-state index contributed by atoms with van der Waals surface area (Å²) in [7, 11) is 0. The van der Waals surface area contributed by atoms with E-state index in [1.165, 1.54) is 18.6 Å². The Morgan fingerprint density at radius 2 is 2.00 bits per heavy atom. The molecule has 1 aliphatic carbocycles. The third-order valence-electron chi connectivity index (χ3n) is 3.68. The number of anilines is 1. The Morgan fingerprint density at radius 3 is 2.79 bits per heavy atom. The first kappa shape index (κ1) is 13.1. The number of aromatic nitrogens is 1. The number of nitrogens with two attached hydrogens (primary N) is 1. The Kier molecular flexibility index (Phi) is 3.58. The molecule has 0 atom stereocenters. The van der Waals surface area contributed by atoms with Crippen molar-refractivity contribution in [3.8, 4) is 0 Å². The molecule has 0 fully saturated rings. The van der Waals surface area contributed by atoms with E-state index in [-0.39, 0.29) is 5.82 Å². The molecule has 19 heavy (non-hydrogen) atoms. The van der Waals surface area contributed by atoms with Gasteiger partial charge in [0.1, 0.15) is 5.82 Å². The number of rotatable bonds is 1. The number of pyridine rings is 1. The van der Waals surface area contributed by atoms with E-state index in [4.69, 9.17) is 10.8 Å². The molecule has 0 radical (unpaired) electrons. The minimum Gasteiger partial charge on any atom is -0.323 e. The standard InChI is InChI=1S/C14H15FIN3/c15-8-6-10-13(19-17)9-4-2-1-3-5-12(9)18-14(10)11(16)7-8/h6-7H,1-5,17H2,(H,18,19). The van der Waals surface area contributed by atoms with Gasteiger partial charge in [-0.1, -0.05) is 6.42 Å².